The second kappa shape index (κ2) is 6.76. The third-order valence-electron chi connectivity index (χ3n) is 3.04. The molecule has 0 atom stereocenters. The Morgan fingerprint density at radius 1 is 1.35 bits per heavy atom. The van der Waals surface area contributed by atoms with Gasteiger partial charge >= 0.3 is 0 Å². The monoisotopic (exact) mass is 344 g/mol. The fraction of sp³-hybridized carbons (Fsp3) is 0.0625. The van der Waals surface area contributed by atoms with Crippen molar-refractivity contribution in [1.29, 1.82) is 0 Å². The van der Waals surface area contributed by atoms with Gasteiger partial charge in [-0.15, -0.1) is 0 Å². The van der Waals surface area contributed by atoms with Gasteiger partial charge in [-0.1, -0.05) is 11.6 Å². The number of hydrogen-bond acceptors (Lipinski definition) is 4. The molecule has 0 bridgehead atoms. The molecule has 0 radical (unpaired) electrons. The second-order valence-electron chi connectivity index (χ2n) is 4.82. The van der Waals surface area contributed by atoms with Gasteiger partial charge in [-0.3, -0.25) is 0 Å². The SMILES string of the molecule is C/C(C=Nn1c(-c2ccc(Cl)cc2)n[nH]c1=S)=C\c1ccco1. The van der Waals surface area contributed by atoms with Crippen molar-refractivity contribution < 1.29 is 4.42 Å². The van der Waals surface area contributed by atoms with Crippen LogP contribution in [0.1, 0.15) is 12.7 Å². The van der Waals surface area contributed by atoms with Crippen molar-refractivity contribution in [3.05, 3.63) is 63.8 Å². The van der Waals surface area contributed by atoms with Gasteiger partial charge < -0.3 is 4.42 Å². The van der Waals surface area contributed by atoms with Crippen LogP contribution in [-0.2, 0) is 0 Å². The van der Waals surface area contributed by atoms with Crippen molar-refractivity contribution in [3.63, 3.8) is 0 Å². The molecule has 1 aromatic carbocycles. The number of furan rings is 1. The highest BCUT2D eigenvalue weighted by Gasteiger charge is 2.07. The molecule has 2 aromatic heterocycles. The van der Waals surface area contributed by atoms with E-state index in [9.17, 15) is 0 Å². The highest BCUT2D eigenvalue weighted by molar-refractivity contribution is 7.71. The number of allylic oxidation sites excluding steroid dienone is 1. The Bertz CT molecular complexity index is 904. The molecule has 3 aromatic rings. The molecule has 0 aliphatic heterocycles. The first kappa shape index (κ1) is 15.5. The van der Waals surface area contributed by atoms with Crippen LogP contribution in [0.2, 0.25) is 5.02 Å². The number of H-pyrrole nitrogens is 1. The van der Waals surface area contributed by atoms with Crippen LogP contribution in [0.3, 0.4) is 0 Å². The quantitative estimate of drug-likeness (QED) is 0.546. The van der Waals surface area contributed by atoms with Crippen LogP contribution in [-0.4, -0.2) is 21.1 Å². The summed E-state index contributed by atoms with van der Waals surface area (Å²) in [6.07, 6.45) is 5.21. The number of rotatable bonds is 4. The number of benzene rings is 1. The van der Waals surface area contributed by atoms with Crippen molar-refractivity contribution in [2.45, 2.75) is 6.92 Å². The van der Waals surface area contributed by atoms with E-state index in [1.54, 1.807) is 29.3 Å². The molecule has 2 heterocycles. The molecular weight excluding hydrogens is 332 g/mol. The standard InChI is InChI=1S/C16H13ClN4OS/c1-11(9-14-3-2-8-22-14)10-18-21-15(19-20-16(21)23)12-4-6-13(17)7-5-12/h2-10H,1H3,(H,20,23)/b11-9+,18-10?. The van der Waals surface area contributed by atoms with E-state index < -0.39 is 0 Å². The van der Waals surface area contributed by atoms with Gasteiger partial charge in [0.1, 0.15) is 5.76 Å². The summed E-state index contributed by atoms with van der Waals surface area (Å²) in [5, 5.41) is 12.0. The van der Waals surface area contributed by atoms with Crippen molar-refractivity contribution in [3.8, 4) is 11.4 Å². The molecule has 0 amide bonds. The predicted molar refractivity (Wildman–Crippen MR) is 94.1 cm³/mol. The molecule has 23 heavy (non-hydrogen) atoms. The molecule has 0 aliphatic rings. The summed E-state index contributed by atoms with van der Waals surface area (Å²) in [7, 11) is 0. The normalized spacial score (nSPS) is 12.2. The maximum Gasteiger partial charge on any atom is 0.216 e. The smallest absolute Gasteiger partial charge is 0.216 e. The van der Waals surface area contributed by atoms with Crippen molar-refractivity contribution in [1.82, 2.24) is 14.9 Å². The van der Waals surface area contributed by atoms with Gasteiger partial charge in [0.05, 0.1) is 12.5 Å². The molecule has 3 rings (SSSR count). The fourth-order valence-corrected chi connectivity index (χ4v) is 2.27. The Kier molecular flexibility index (Phi) is 4.55. The van der Waals surface area contributed by atoms with Crippen LogP contribution in [0.25, 0.3) is 17.5 Å². The number of aromatic nitrogens is 3. The molecule has 5 nitrogen and oxygen atoms in total. The fourth-order valence-electron chi connectivity index (χ4n) is 1.97. The average Bonchev–Trinajstić information content (AvgIpc) is 3.16. The summed E-state index contributed by atoms with van der Waals surface area (Å²) in [6, 6.07) is 11.0. The van der Waals surface area contributed by atoms with Gasteiger partial charge in [-0.25, -0.2) is 5.10 Å². The van der Waals surface area contributed by atoms with Crippen molar-refractivity contribution in [2.24, 2.45) is 5.10 Å². The summed E-state index contributed by atoms with van der Waals surface area (Å²) in [5.41, 5.74) is 1.79. The number of hydrogen-bond donors (Lipinski definition) is 1. The first-order valence-electron chi connectivity index (χ1n) is 6.83. The molecule has 1 N–H and O–H groups in total. The Labute approximate surface area is 142 Å². The number of nitrogens with zero attached hydrogens (tertiary/aromatic N) is 3. The second-order valence-corrected chi connectivity index (χ2v) is 5.64. The number of halogens is 1. The summed E-state index contributed by atoms with van der Waals surface area (Å²) in [4.78, 5) is 0. The maximum absolute atomic E-state index is 5.91. The van der Waals surface area contributed by atoms with Crippen LogP contribution in [0.5, 0.6) is 0 Å². The highest BCUT2D eigenvalue weighted by atomic mass is 35.5. The van der Waals surface area contributed by atoms with E-state index in [0.717, 1.165) is 16.9 Å². The molecular formula is C16H13ClN4OS. The van der Waals surface area contributed by atoms with E-state index in [-0.39, 0.29) is 0 Å². The highest BCUT2D eigenvalue weighted by Crippen LogP contribution is 2.19. The Balaban J connectivity index is 1.91. The largest absolute Gasteiger partial charge is 0.465 e. The minimum Gasteiger partial charge on any atom is -0.465 e. The zero-order chi connectivity index (χ0) is 16.2. The first-order chi connectivity index (χ1) is 11.1. The third kappa shape index (κ3) is 3.67. The molecule has 0 unspecified atom stereocenters. The third-order valence-corrected chi connectivity index (χ3v) is 3.56. The van der Waals surface area contributed by atoms with Gasteiger partial charge in [-0.2, -0.15) is 14.9 Å². The van der Waals surface area contributed by atoms with Crippen LogP contribution >= 0.6 is 23.8 Å². The van der Waals surface area contributed by atoms with Crippen LogP contribution < -0.4 is 0 Å². The van der Waals surface area contributed by atoms with Crippen molar-refractivity contribution in [2.75, 3.05) is 0 Å². The predicted octanol–water partition coefficient (Wildman–Crippen LogP) is 4.79. The Hall–Kier alpha value is -2.44. The van der Waals surface area contributed by atoms with Crippen LogP contribution in [0.4, 0.5) is 0 Å². The first-order valence-corrected chi connectivity index (χ1v) is 7.61. The van der Waals surface area contributed by atoms with Gasteiger partial charge in [0, 0.05) is 10.6 Å². The molecule has 0 saturated heterocycles. The molecule has 0 fully saturated rings. The van der Waals surface area contributed by atoms with E-state index in [2.05, 4.69) is 15.3 Å². The van der Waals surface area contributed by atoms with E-state index in [0.29, 0.717) is 15.6 Å². The van der Waals surface area contributed by atoms with Gasteiger partial charge in [-0.05, 0) is 67.2 Å². The summed E-state index contributed by atoms with van der Waals surface area (Å²) in [5.74, 6) is 1.39. The molecule has 7 heteroatoms. The molecule has 0 aliphatic carbocycles. The molecule has 0 saturated carbocycles. The lowest BCUT2D eigenvalue weighted by Gasteiger charge is -2.01. The number of aromatic amines is 1. The van der Waals surface area contributed by atoms with Gasteiger partial charge in [0.25, 0.3) is 0 Å². The average molecular weight is 345 g/mol. The summed E-state index contributed by atoms with van der Waals surface area (Å²) in [6.45, 7) is 1.93. The van der Waals surface area contributed by atoms with E-state index >= 15 is 0 Å². The van der Waals surface area contributed by atoms with Gasteiger partial charge in [0.2, 0.25) is 4.77 Å². The minimum absolute atomic E-state index is 0.414. The summed E-state index contributed by atoms with van der Waals surface area (Å²) >= 11 is 11.1. The maximum atomic E-state index is 5.91. The van der Waals surface area contributed by atoms with E-state index in [1.165, 1.54) is 0 Å². The van der Waals surface area contributed by atoms with Crippen LogP contribution in [0.15, 0.2) is 57.8 Å². The minimum atomic E-state index is 0.414. The number of nitrogens with one attached hydrogen (secondary N) is 1. The molecule has 116 valence electrons. The zero-order valence-electron chi connectivity index (χ0n) is 12.2. The van der Waals surface area contributed by atoms with Crippen LogP contribution in [0, 0.1) is 4.77 Å². The van der Waals surface area contributed by atoms with E-state index in [4.69, 9.17) is 28.2 Å². The molecule has 0 spiro atoms. The summed E-state index contributed by atoms with van der Waals surface area (Å²) < 4.78 is 7.25. The Morgan fingerprint density at radius 2 is 2.13 bits per heavy atom. The zero-order valence-corrected chi connectivity index (χ0v) is 13.8. The lowest BCUT2D eigenvalue weighted by molar-refractivity contribution is 0.557. The Morgan fingerprint density at radius 3 is 2.83 bits per heavy atom. The van der Waals surface area contributed by atoms with E-state index in [1.807, 2.05) is 37.3 Å². The van der Waals surface area contributed by atoms with Gasteiger partial charge in [0.15, 0.2) is 5.82 Å². The van der Waals surface area contributed by atoms with Crippen molar-refractivity contribution >= 4 is 36.1 Å². The topological polar surface area (TPSA) is 59.1 Å². The lowest BCUT2D eigenvalue weighted by Crippen LogP contribution is -1.94. The lowest BCUT2D eigenvalue weighted by atomic mass is 10.2.